The molecule has 2 aromatic rings. The lowest BCUT2D eigenvalue weighted by Crippen LogP contribution is -2.13. The average Bonchev–Trinajstić information content (AvgIpc) is 2.46. The van der Waals surface area contributed by atoms with Crippen LogP contribution in [-0.4, -0.2) is 14.2 Å². The van der Waals surface area contributed by atoms with Gasteiger partial charge in [-0.1, -0.05) is 35.9 Å². The van der Waals surface area contributed by atoms with Crippen molar-refractivity contribution in [3.05, 3.63) is 59.2 Å². The zero-order valence-corrected chi connectivity index (χ0v) is 12.2. The largest absolute Gasteiger partial charge is 0.493 e. The van der Waals surface area contributed by atoms with E-state index in [2.05, 4.69) is 31.2 Å². The minimum atomic E-state index is -0.0587. The zero-order valence-electron chi connectivity index (χ0n) is 12.2. The van der Waals surface area contributed by atoms with E-state index >= 15 is 0 Å². The molecule has 0 radical (unpaired) electrons. The van der Waals surface area contributed by atoms with Crippen LogP contribution in [0.15, 0.2) is 42.5 Å². The first-order valence-electron chi connectivity index (χ1n) is 6.67. The van der Waals surface area contributed by atoms with E-state index in [1.165, 1.54) is 11.1 Å². The normalized spacial score (nSPS) is 12.0. The highest BCUT2D eigenvalue weighted by Crippen LogP contribution is 2.30. The first kappa shape index (κ1) is 14.4. The molecule has 1 atom stereocenters. The summed E-state index contributed by atoms with van der Waals surface area (Å²) < 4.78 is 10.6. The summed E-state index contributed by atoms with van der Waals surface area (Å²) in [4.78, 5) is 0. The minimum absolute atomic E-state index is 0.0587. The third kappa shape index (κ3) is 3.31. The smallest absolute Gasteiger partial charge is 0.161 e. The number of hydrogen-bond acceptors (Lipinski definition) is 3. The van der Waals surface area contributed by atoms with E-state index in [4.69, 9.17) is 15.2 Å². The summed E-state index contributed by atoms with van der Waals surface area (Å²) in [5.74, 6) is 1.43. The summed E-state index contributed by atoms with van der Waals surface area (Å²) in [7, 11) is 3.26. The van der Waals surface area contributed by atoms with E-state index in [1.807, 2.05) is 18.2 Å². The van der Waals surface area contributed by atoms with Crippen LogP contribution in [0.5, 0.6) is 11.5 Å². The van der Waals surface area contributed by atoms with Crippen molar-refractivity contribution in [2.75, 3.05) is 14.2 Å². The Morgan fingerprint density at radius 2 is 1.75 bits per heavy atom. The lowest BCUT2D eigenvalue weighted by molar-refractivity contribution is 0.354. The fourth-order valence-electron chi connectivity index (χ4n) is 2.29. The maximum absolute atomic E-state index is 6.30. The van der Waals surface area contributed by atoms with Gasteiger partial charge in [-0.2, -0.15) is 0 Å². The van der Waals surface area contributed by atoms with Gasteiger partial charge in [-0.15, -0.1) is 0 Å². The fraction of sp³-hybridized carbons (Fsp3) is 0.294. The Bertz CT molecular complexity index is 581. The SMILES string of the molecule is COc1ccc(C(N)Cc2cccc(C)c2)cc1OC. The Morgan fingerprint density at radius 3 is 2.40 bits per heavy atom. The van der Waals surface area contributed by atoms with Crippen molar-refractivity contribution in [2.24, 2.45) is 5.73 Å². The molecule has 0 aliphatic carbocycles. The Hall–Kier alpha value is -2.00. The standard InChI is InChI=1S/C17H21NO2/c1-12-5-4-6-13(9-12)10-15(18)14-7-8-16(19-2)17(11-14)20-3/h4-9,11,15H,10,18H2,1-3H3. The molecule has 0 saturated heterocycles. The molecular weight excluding hydrogens is 250 g/mol. The summed E-state index contributed by atoms with van der Waals surface area (Å²) in [5, 5.41) is 0. The van der Waals surface area contributed by atoms with Crippen LogP contribution in [0.2, 0.25) is 0 Å². The third-order valence-corrected chi connectivity index (χ3v) is 3.37. The van der Waals surface area contributed by atoms with Gasteiger partial charge in [0, 0.05) is 6.04 Å². The van der Waals surface area contributed by atoms with Crippen LogP contribution >= 0.6 is 0 Å². The summed E-state index contributed by atoms with van der Waals surface area (Å²) in [5.41, 5.74) is 9.84. The third-order valence-electron chi connectivity index (χ3n) is 3.37. The molecule has 1 unspecified atom stereocenters. The first-order valence-corrected chi connectivity index (χ1v) is 6.67. The van der Waals surface area contributed by atoms with Crippen LogP contribution in [-0.2, 0) is 6.42 Å². The first-order chi connectivity index (χ1) is 9.63. The number of benzene rings is 2. The summed E-state index contributed by atoms with van der Waals surface area (Å²) in [6.07, 6.45) is 0.803. The van der Waals surface area contributed by atoms with Crippen molar-refractivity contribution in [2.45, 2.75) is 19.4 Å². The maximum atomic E-state index is 6.30. The second-order valence-corrected chi connectivity index (χ2v) is 4.91. The quantitative estimate of drug-likeness (QED) is 0.908. The van der Waals surface area contributed by atoms with Crippen molar-refractivity contribution in [3.63, 3.8) is 0 Å². The fourth-order valence-corrected chi connectivity index (χ4v) is 2.29. The van der Waals surface area contributed by atoms with E-state index < -0.39 is 0 Å². The molecule has 0 spiro atoms. The van der Waals surface area contributed by atoms with Gasteiger partial charge in [0.25, 0.3) is 0 Å². The van der Waals surface area contributed by atoms with Crippen LogP contribution in [0.25, 0.3) is 0 Å². The number of rotatable bonds is 5. The second kappa shape index (κ2) is 6.44. The van der Waals surface area contributed by atoms with E-state index in [1.54, 1.807) is 14.2 Å². The lowest BCUT2D eigenvalue weighted by Gasteiger charge is -2.15. The Labute approximate surface area is 120 Å². The van der Waals surface area contributed by atoms with Gasteiger partial charge in [0.15, 0.2) is 11.5 Å². The van der Waals surface area contributed by atoms with Crippen molar-refractivity contribution in [3.8, 4) is 11.5 Å². The monoisotopic (exact) mass is 271 g/mol. The van der Waals surface area contributed by atoms with E-state index in [9.17, 15) is 0 Å². The maximum Gasteiger partial charge on any atom is 0.161 e. The molecule has 3 heteroatoms. The van der Waals surface area contributed by atoms with Crippen LogP contribution < -0.4 is 15.2 Å². The van der Waals surface area contributed by atoms with Gasteiger partial charge in [-0.05, 0) is 36.6 Å². The van der Waals surface area contributed by atoms with Crippen LogP contribution in [0.4, 0.5) is 0 Å². The van der Waals surface area contributed by atoms with Crippen LogP contribution in [0.3, 0.4) is 0 Å². The highest BCUT2D eigenvalue weighted by Gasteiger charge is 2.11. The van der Waals surface area contributed by atoms with Gasteiger partial charge in [0.05, 0.1) is 14.2 Å². The van der Waals surface area contributed by atoms with Gasteiger partial charge in [-0.25, -0.2) is 0 Å². The van der Waals surface area contributed by atoms with E-state index in [0.29, 0.717) is 5.75 Å². The predicted molar refractivity (Wildman–Crippen MR) is 81.4 cm³/mol. The summed E-state index contributed by atoms with van der Waals surface area (Å²) >= 11 is 0. The van der Waals surface area contributed by atoms with Crippen molar-refractivity contribution in [1.29, 1.82) is 0 Å². The van der Waals surface area contributed by atoms with E-state index in [0.717, 1.165) is 17.7 Å². The molecule has 0 amide bonds. The van der Waals surface area contributed by atoms with Crippen LogP contribution in [0.1, 0.15) is 22.7 Å². The average molecular weight is 271 g/mol. The van der Waals surface area contributed by atoms with Gasteiger partial charge >= 0.3 is 0 Å². The topological polar surface area (TPSA) is 44.5 Å². The molecule has 0 fully saturated rings. The van der Waals surface area contributed by atoms with Crippen molar-refractivity contribution >= 4 is 0 Å². The van der Waals surface area contributed by atoms with Crippen molar-refractivity contribution in [1.82, 2.24) is 0 Å². The van der Waals surface area contributed by atoms with Gasteiger partial charge in [-0.3, -0.25) is 0 Å². The molecule has 0 bridgehead atoms. The second-order valence-electron chi connectivity index (χ2n) is 4.91. The molecule has 0 aliphatic heterocycles. The number of ether oxygens (including phenoxy) is 2. The van der Waals surface area contributed by atoms with Gasteiger partial charge < -0.3 is 15.2 Å². The molecule has 20 heavy (non-hydrogen) atoms. The summed E-state index contributed by atoms with van der Waals surface area (Å²) in [6, 6.07) is 14.2. The number of hydrogen-bond donors (Lipinski definition) is 1. The molecule has 2 aromatic carbocycles. The van der Waals surface area contributed by atoms with E-state index in [-0.39, 0.29) is 6.04 Å². The number of methoxy groups -OCH3 is 2. The van der Waals surface area contributed by atoms with Gasteiger partial charge in [0.2, 0.25) is 0 Å². The Kier molecular flexibility index (Phi) is 4.64. The van der Waals surface area contributed by atoms with Crippen LogP contribution in [0, 0.1) is 6.92 Å². The molecule has 2 rings (SSSR count). The highest BCUT2D eigenvalue weighted by atomic mass is 16.5. The molecule has 0 aliphatic rings. The number of nitrogens with two attached hydrogens (primary N) is 1. The Balaban J connectivity index is 2.18. The molecule has 0 saturated carbocycles. The lowest BCUT2D eigenvalue weighted by atomic mass is 9.98. The molecule has 106 valence electrons. The zero-order chi connectivity index (χ0) is 14.5. The predicted octanol–water partition coefficient (Wildman–Crippen LogP) is 3.25. The molecule has 0 heterocycles. The molecule has 3 nitrogen and oxygen atoms in total. The Morgan fingerprint density at radius 1 is 1.00 bits per heavy atom. The molecular formula is C17H21NO2. The number of aryl methyl sites for hydroxylation is 1. The molecule has 2 N–H and O–H groups in total. The van der Waals surface area contributed by atoms with Crippen molar-refractivity contribution < 1.29 is 9.47 Å². The minimum Gasteiger partial charge on any atom is -0.493 e. The summed E-state index contributed by atoms with van der Waals surface area (Å²) in [6.45, 7) is 2.09. The van der Waals surface area contributed by atoms with Gasteiger partial charge in [0.1, 0.15) is 0 Å². The highest BCUT2D eigenvalue weighted by molar-refractivity contribution is 5.44. The molecule has 0 aromatic heterocycles.